The monoisotopic (exact) mass is 442 g/mol. The van der Waals surface area contributed by atoms with Crippen LogP contribution in [0.25, 0.3) is 0 Å². The van der Waals surface area contributed by atoms with Crippen molar-refractivity contribution in [2.45, 2.75) is 143 Å². The molecule has 1 atom stereocenters. The zero-order valence-corrected chi connectivity index (χ0v) is 21.4. The lowest BCUT2D eigenvalue weighted by Gasteiger charge is -2.32. The molecule has 0 aliphatic carbocycles. The number of aldehydes is 1. The van der Waals surface area contributed by atoms with Gasteiger partial charge in [0.05, 0.1) is 0 Å². The van der Waals surface area contributed by atoms with Gasteiger partial charge in [-0.3, -0.25) is 0 Å². The highest BCUT2D eigenvalue weighted by atomic mass is 16.9. The molecule has 0 heterocycles. The standard InChI is InChI=1S/C27H54O4/c1-5-9-10-11-13-16-19-22-26(25-28)23-20-17-14-12-15-18-21-24-27(29-6-2,30-7-3)31-8-4/h25-26H,5-24H2,1-4H3. The molecule has 0 aromatic rings. The summed E-state index contributed by atoms with van der Waals surface area (Å²) in [5.41, 5.74) is 0. The highest BCUT2D eigenvalue weighted by Crippen LogP contribution is 2.24. The SMILES string of the molecule is CCCCCCCCCC(C=O)CCCCCCCCCC(OCC)(OCC)OCC. The van der Waals surface area contributed by atoms with Crippen LogP contribution in [-0.4, -0.2) is 32.1 Å². The van der Waals surface area contributed by atoms with E-state index in [1.165, 1.54) is 89.8 Å². The maximum Gasteiger partial charge on any atom is 0.282 e. The van der Waals surface area contributed by atoms with Gasteiger partial charge in [-0.1, -0.05) is 90.4 Å². The fourth-order valence-corrected chi connectivity index (χ4v) is 4.28. The van der Waals surface area contributed by atoms with Crippen LogP contribution in [0.1, 0.15) is 137 Å². The zero-order chi connectivity index (χ0) is 23.0. The first kappa shape index (κ1) is 30.6. The lowest BCUT2D eigenvalue weighted by atomic mass is 9.95. The van der Waals surface area contributed by atoms with Gasteiger partial charge in [0.1, 0.15) is 6.29 Å². The van der Waals surface area contributed by atoms with Crippen LogP contribution in [0.3, 0.4) is 0 Å². The van der Waals surface area contributed by atoms with Gasteiger partial charge in [-0.05, 0) is 40.0 Å². The lowest BCUT2D eigenvalue weighted by molar-refractivity contribution is -0.380. The van der Waals surface area contributed by atoms with Gasteiger partial charge in [-0.2, -0.15) is 0 Å². The minimum atomic E-state index is -0.850. The van der Waals surface area contributed by atoms with Gasteiger partial charge in [0.2, 0.25) is 0 Å². The van der Waals surface area contributed by atoms with E-state index >= 15 is 0 Å². The van der Waals surface area contributed by atoms with Crippen molar-refractivity contribution in [2.75, 3.05) is 19.8 Å². The van der Waals surface area contributed by atoms with Gasteiger partial charge < -0.3 is 19.0 Å². The van der Waals surface area contributed by atoms with Crippen molar-refractivity contribution in [3.05, 3.63) is 0 Å². The van der Waals surface area contributed by atoms with E-state index in [1.807, 2.05) is 20.8 Å². The number of carbonyl (C=O) groups is 1. The van der Waals surface area contributed by atoms with E-state index in [-0.39, 0.29) is 0 Å². The summed E-state index contributed by atoms with van der Waals surface area (Å²) in [5.74, 6) is -0.558. The molecule has 1 unspecified atom stereocenters. The summed E-state index contributed by atoms with van der Waals surface area (Å²) in [7, 11) is 0. The molecule has 0 saturated carbocycles. The van der Waals surface area contributed by atoms with Crippen LogP contribution in [0.2, 0.25) is 0 Å². The molecule has 4 heteroatoms. The molecule has 0 rings (SSSR count). The first-order chi connectivity index (χ1) is 15.2. The van der Waals surface area contributed by atoms with Crippen LogP contribution in [-0.2, 0) is 19.0 Å². The quantitative estimate of drug-likeness (QED) is 0.0811. The van der Waals surface area contributed by atoms with E-state index in [9.17, 15) is 4.79 Å². The third kappa shape index (κ3) is 17.7. The number of unbranched alkanes of at least 4 members (excludes halogenated alkanes) is 12. The summed E-state index contributed by atoms with van der Waals surface area (Å²) >= 11 is 0. The maximum atomic E-state index is 11.3. The van der Waals surface area contributed by atoms with Gasteiger partial charge in [0.15, 0.2) is 0 Å². The second-order valence-electron chi connectivity index (χ2n) is 8.80. The van der Waals surface area contributed by atoms with Crippen molar-refractivity contribution in [3.63, 3.8) is 0 Å². The summed E-state index contributed by atoms with van der Waals surface area (Å²) in [5, 5.41) is 0. The topological polar surface area (TPSA) is 44.8 Å². The molecule has 4 nitrogen and oxygen atoms in total. The molecule has 0 bridgehead atoms. The third-order valence-corrected chi connectivity index (χ3v) is 6.02. The molecule has 0 amide bonds. The lowest BCUT2D eigenvalue weighted by Crippen LogP contribution is -2.39. The number of rotatable bonds is 25. The molecule has 0 radical (unpaired) electrons. The summed E-state index contributed by atoms with van der Waals surface area (Å²) in [6, 6.07) is 0. The molecule has 0 saturated heterocycles. The Morgan fingerprint density at radius 2 is 0.968 bits per heavy atom. The number of hydrogen-bond acceptors (Lipinski definition) is 4. The maximum absolute atomic E-state index is 11.3. The molecule has 0 fully saturated rings. The first-order valence-electron chi connectivity index (χ1n) is 13.5. The van der Waals surface area contributed by atoms with E-state index in [4.69, 9.17) is 14.2 Å². The normalized spacial score (nSPS) is 12.9. The Labute approximate surface area is 194 Å². The fraction of sp³-hybridized carbons (Fsp3) is 0.963. The van der Waals surface area contributed by atoms with E-state index in [0.717, 1.165) is 25.7 Å². The highest BCUT2D eigenvalue weighted by Gasteiger charge is 2.31. The average molecular weight is 443 g/mol. The van der Waals surface area contributed by atoms with Crippen LogP contribution >= 0.6 is 0 Å². The molecule has 0 aromatic heterocycles. The number of ether oxygens (including phenoxy) is 3. The summed E-state index contributed by atoms with van der Waals surface area (Å²) < 4.78 is 17.4. The predicted octanol–water partition coefficient (Wildman–Crippen LogP) is 8.22. The molecular formula is C27H54O4. The van der Waals surface area contributed by atoms with Crippen molar-refractivity contribution in [3.8, 4) is 0 Å². The van der Waals surface area contributed by atoms with Crippen LogP contribution < -0.4 is 0 Å². The minimum Gasteiger partial charge on any atom is -0.328 e. The van der Waals surface area contributed by atoms with Crippen molar-refractivity contribution >= 4 is 6.29 Å². The van der Waals surface area contributed by atoms with Crippen molar-refractivity contribution in [1.29, 1.82) is 0 Å². The molecule has 0 aromatic carbocycles. The smallest absolute Gasteiger partial charge is 0.282 e. The predicted molar refractivity (Wildman–Crippen MR) is 131 cm³/mol. The number of carbonyl (C=O) groups excluding carboxylic acids is 1. The van der Waals surface area contributed by atoms with Crippen LogP contribution in [0.15, 0.2) is 0 Å². The summed E-state index contributed by atoms with van der Waals surface area (Å²) in [6.07, 6.45) is 21.9. The number of hydrogen-bond donors (Lipinski definition) is 0. The molecule has 0 aliphatic heterocycles. The Morgan fingerprint density at radius 3 is 1.35 bits per heavy atom. The van der Waals surface area contributed by atoms with Crippen molar-refractivity contribution in [1.82, 2.24) is 0 Å². The van der Waals surface area contributed by atoms with E-state index in [0.29, 0.717) is 25.7 Å². The molecule has 186 valence electrons. The van der Waals surface area contributed by atoms with Gasteiger partial charge in [-0.15, -0.1) is 0 Å². The van der Waals surface area contributed by atoms with Crippen molar-refractivity contribution < 1.29 is 19.0 Å². The summed E-state index contributed by atoms with van der Waals surface area (Å²) in [4.78, 5) is 11.3. The van der Waals surface area contributed by atoms with E-state index in [1.54, 1.807) is 0 Å². The average Bonchev–Trinajstić information content (AvgIpc) is 2.76. The molecular weight excluding hydrogens is 388 g/mol. The Bertz CT molecular complexity index is 355. The van der Waals surface area contributed by atoms with Gasteiger partial charge in [0, 0.05) is 32.2 Å². The molecule has 31 heavy (non-hydrogen) atoms. The van der Waals surface area contributed by atoms with Gasteiger partial charge in [-0.25, -0.2) is 0 Å². The first-order valence-corrected chi connectivity index (χ1v) is 13.5. The zero-order valence-electron chi connectivity index (χ0n) is 21.4. The minimum absolute atomic E-state index is 0.291. The Morgan fingerprint density at radius 1 is 0.581 bits per heavy atom. The van der Waals surface area contributed by atoms with E-state index in [2.05, 4.69) is 6.92 Å². The second-order valence-corrected chi connectivity index (χ2v) is 8.80. The van der Waals surface area contributed by atoms with Crippen LogP contribution in [0, 0.1) is 5.92 Å². The summed E-state index contributed by atoms with van der Waals surface area (Å²) in [6.45, 7) is 10.0. The highest BCUT2D eigenvalue weighted by molar-refractivity contribution is 5.53. The van der Waals surface area contributed by atoms with E-state index < -0.39 is 5.97 Å². The Hall–Kier alpha value is -0.450. The molecule has 0 N–H and O–H groups in total. The largest absolute Gasteiger partial charge is 0.328 e. The van der Waals surface area contributed by atoms with Crippen LogP contribution in [0.4, 0.5) is 0 Å². The third-order valence-electron chi connectivity index (χ3n) is 6.02. The molecule has 0 aliphatic rings. The van der Waals surface area contributed by atoms with Crippen LogP contribution in [0.5, 0.6) is 0 Å². The Kier molecular flexibility index (Phi) is 22.4. The van der Waals surface area contributed by atoms with Gasteiger partial charge in [0.25, 0.3) is 5.97 Å². The van der Waals surface area contributed by atoms with Crippen molar-refractivity contribution in [2.24, 2.45) is 5.92 Å². The van der Waals surface area contributed by atoms with Gasteiger partial charge >= 0.3 is 0 Å². The molecule has 0 spiro atoms. The second kappa shape index (κ2) is 22.7. The Balaban J connectivity index is 3.70. The fourth-order valence-electron chi connectivity index (χ4n) is 4.28.